The van der Waals surface area contributed by atoms with E-state index in [9.17, 15) is 14.0 Å². The van der Waals surface area contributed by atoms with E-state index in [1.807, 2.05) is 0 Å². The van der Waals surface area contributed by atoms with E-state index in [1.165, 1.54) is 25.0 Å². The number of rotatable bonds is 8. The lowest BCUT2D eigenvalue weighted by molar-refractivity contribution is -0.118. The molecular weight excluding hydrogens is 369 g/mol. The van der Waals surface area contributed by atoms with Crippen LogP contribution in [0.15, 0.2) is 36.7 Å². The molecule has 5 nitrogen and oxygen atoms in total. The molecule has 6 heteroatoms. The van der Waals surface area contributed by atoms with Crippen LogP contribution in [0.25, 0.3) is 5.69 Å². The number of carbonyl (C=O) groups is 2. The fourth-order valence-corrected chi connectivity index (χ4v) is 3.94. The van der Waals surface area contributed by atoms with Crippen LogP contribution in [0, 0.1) is 11.7 Å². The van der Waals surface area contributed by atoms with Crippen molar-refractivity contribution in [1.82, 2.24) is 15.2 Å². The molecule has 4 rings (SSSR count). The standard InChI is InChI=1S/C23H28FN3O2/c24-18-3-1-5-20(12-18)27-14-17(11-21(28)9-8-16-6-7-16)22(15-27)23(29)26-19-4-2-10-25-13-19/h1,3,5,12,14-16,19,25H,2,4,6-11,13H2,(H,26,29)/t19-/m0/s1. The number of Topliss-reactive ketones (excluding diaryl/α,β-unsaturated/α-hetero) is 1. The van der Waals surface area contributed by atoms with Crippen molar-refractivity contribution in [2.24, 2.45) is 5.92 Å². The van der Waals surface area contributed by atoms with Gasteiger partial charge in [0, 0.05) is 43.5 Å². The van der Waals surface area contributed by atoms with E-state index in [0.29, 0.717) is 29.2 Å². The molecule has 29 heavy (non-hydrogen) atoms. The molecule has 0 bridgehead atoms. The number of aromatic nitrogens is 1. The van der Waals surface area contributed by atoms with Crippen LogP contribution >= 0.6 is 0 Å². The molecule has 0 unspecified atom stereocenters. The molecule has 2 heterocycles. The first-order valence-electron chi connectivity index (χ1n) is 10.6. The van der Waals surface area contributed by atoms with E-state index in [4.69, 9.17) is 0 Å². The maximum atomic E-state index is 13.7. The summed E-state index contributed by atoms with van der Waals surface area (Å²) in [6.45, 7) is 1.73. The predicted octanol–water partition coefficient (Wildman–Crippen LogP) is 3.40. The molecule has 1 amide bonds. The SMILES string of the molecule is O=C(CCC1CC1)Cc1cn(-c2cccc(F)c2)cc1C(=O)N[C@H]1CCCNC1. The molecule has 1 aliphatic heterocycles. The highest BCUT2D eigenvalue weighted by Gasteiger charge is 2.24. The number of amides is 1. The Labute approximate surface area is 170 Å². The number of nitrogens with zero attached hydrogens (tertiary/aromatic N) is 1. The number of hydrogen-bond donors (Lipinski definition) is 2. The quantitative estimate of drug-likeness (QED) is 0.718. The third kappa shape index (κ3) is 5.32. The summed E-state index contributed by atoms with van der Waals surface area (Å²) in [6.07, 6.45) is 9.67. The van der Waals surface area contributed by atoms with Gasteiger partial charge in [0.2, 0.25) is 0 Å². The van der Waals surface area contributed by atoms with E-state index in [1.54, 1.807) is 29.1 Å². The Morgan fingerprint density at radius 3 is 2.79 bits per heavy atom. The molecule has 0 radical (unpaired) electrons. The Hall–Kier alpha value is -2.47. The van der Waals surface area contributed by atoms with Gasteiger partial charge in [0.25, 0.3) is 5.91 Å². The van der Waals surface area contributed by atoms with Gasteiger partial charge in [0.15, 0.2) is 0 Å². The second-order valence-electron chi connectivity index (χ2n) is 8.30. The van der Waals surface area contributed by atoms with Crippen LogP contribution in [0.1, 0.15) is 54.4 Å². The number of halogens is 1. The molecule has 1 atom stereocenters. The van der Waals surface area contributed by atoms with Crippen molar-refractivity contribution < 1.29 is 14.0 Å². The Bertz CT molecular complexity index is 882. The van der Waals surface area contributed by atoms with Crippen molar-refractivity contribution in [3.05, 3.63) is 53.6 Å². The monoisotopic (exact) mass is 397 g/mol. The molecule has 1 aromatic carbocycles. The Kier molecular flexibility index (Phi) is 6.09. The minimum absolute atomic E-state index is 0.0900. The number of benzene rings is 1. The van der Waals surface area contributed by atoms with Gasteiger partial charge in [-0.15, -0.1) is 0 Å². The third-order valence-electron chi connectivity index (χ3n) is 5.81. The van der Waals surface area contributed by atoms with Gasteiger partial charge in [-0.25, -0.2) is 4.39 Å². The molecule has 154 valence electrons. The molecular formula is C23H28FN3O2. The van der Waals surface area contributed by atoms with Crippen molar-refractivity contribution in [3.8, 4) is 5.69 Å². The number of hydrogen-bond acceptors (Lipinski definition) is 3. The summed E-state index contributed by atoms with van der Waals surface area (Å²) in [5, 5.41) is 6.38. The summed E-state index contributed by atoms with van der Waals surface area (Å²) in [5.41, 5.74) is 1.84. The molecule has 2 fully saturated rings. The first-order chi connectivity index (χ1) is 14.1. The largest absolute Gasteiger partial charge is 0.348 e. The van der Waals surface area contributed by atoms with Crippen molar-refractivity contribution in [2.45, 2.75) is 51.0 Å². The zero-order valence-corrected chi connectivity index (χ0v) is 16.6. The highest BCUT2D eigenvalue weighted by molar-refractivity contribution is 5.97. The van der Waals surface area contributed by atoms with Crippen LogP contribution in [-0.4, -0.2) is 35.4 Å². The summed E-state index contributed by atoms with van der Waals surface area (Å²) in [6, 6.07) is 6.32. The van der Waals surface area contributed by atoms with Gasteiger partial charge in [0.05, 0.1) is 5.56 Å². The first kappa shape index (κ1) is 19.8. The fraction of sp³-hybridized carbons (Fsp3) is 0.478. The molecule has 1 aliphatic carbocycles. The summed E-state index contributed by atoms with van der Waals surface area (Å²) in [4.78, 5) is 25.5. The molecule has 2 aliphatic rings. The number of ketones is 1. The molecule has 1 saturated carbocycles. The minimum atomic E-state index is -0.336. The Balaban J connectivity index is 1.54. The van der Waals surface area contributed by atoms with Gasteiger partial charge >= 0.3 is 0 Å². The van der Waals surface area contributed by atoms with Gasteiger partial charge < -0.3 is 15.2 Å². The van der Waals surface area contributed by atoms with Gasteiger partial charge in [-0.1, -0.05) is 18.9 Å². The van der Waals surface area contributed by atoms with Crippen LogP contribution in [0.4, 0.5) is 4.39 Å². The van der Waals surface area contributed by atoms with Crippen LogP contribution in [-0.2, 0) is 11.2 Å². The highest BCUT2D eigenvalue weighted by atomic mass is 19.1. The fourth-order valence-electron chi connectivity index (χ4n) is 3.94. The average molecular weight is 397 g/mol. The van der Waals surface area contributed by atoms with Gasteiger partial charge in [0.1, 0.15) is 11.6 Å². The maximum absolute atomic E-state index is 13.7. The van der Waals surface area contributed by atoms with Crippen LogP contribution in [0.3, 0.4) is 0 Å². The average Bonchev–Trinajstić information content (AvgIpc) is 3.45. The van der Waals surface area contributed by atoms with E-state index in [-0.39, 0.29) is 30.0 Å². The number of nitrogens with one attached hydrogen (secondary N) is 2. The van der Waals surface area contributed by atoms with E-state index >= 15 is 0 Å². The van der Waals surface area contributed by atoms with Crippen molar-refractivity contribution in [1.29, 1.82) is 0 Å². The molecule has 0 spiro atoms. The molecule has 1 aromatic heterocycles. The number of piperidine rings is 1. The van der Waals surface area contributed by atoms with Gasteiger partial charge in [-0.2, -0.15) is 0 Å². The first-order valence-corrected chi connectivity index (χ1v) is 10.6. The third-order valence-corrected chi connectivity index (χ3v) is 5.81. The van der Waals surface area contributed by atoms with Gasteiger partial charge in [-0.3, -0.25) is 9.59 Å². The van der Waals surface area contributed by atoms with Gasteiger partial charge in [-0.05, 0) is 55.5 Å². The molecule has 1 saturated heterocycles. The number of carbonyl (C=O) groups excluding carboxylic acids is 2. The molecule has 2 N–H and O–H groups in total. The second kappa shape index (κ2) is 8.91. The Morgan fingerprint density at radius 1 is 1.21 bits per heavy atom. The minimum Gasteiger partial charge on any atom is -0.348 e. The van der Waals surface area contributed by atoms with Crippen LogP contribution in [0.5, 0.6) is 0 Å². The lowest BCUT2D eigenvalue weighted by atomic mass is 10.0. The summed E-state index contributed by atoms with van der Waals surface area (Å²) < 4.78 is 15.4. The van der Waals surface area contributed by atoms with Crippen molar-refractivity contribution >= 4 is 11.7 Å². The lowest BCUT2D eigenvalue weighted by Gasteiger charge is -2.23. The Morgan fingerprint density at radius 2 is 2.07 bits per heavy atom. The lowest BCUT2D eigenvalue weighted by Crippen LogP contribution is -2.45. The predicted molar refractivity (Wildman–Crippen MR) is 110 cm³/mol. The van der Waals surface area contributed by atoms with Crippen molar-refractivity contribution in [2.75, 3.05) is 13.1 Å². The van der Waals surface area contributed by atoms with Crippen LogP contribution < -0.4 is 10.6 Å². The van der Waals surface area contributed by atoms with Crippen molar-refractivity contribution in [3.63, 3.8) is 0 Å². The van der Waals surface area contributed by atoms with Crippen LogP contribution in [0.2, 0.25) is 0 Å². The second-order valence-corrected chi connectivity index (χ2v) is 8.30. The maximum Gasteiger partial charge on any atom is 0.253 e. The summed E-state index contributed by atoms with van der Waals surface area (Å²) in [7, 11) is 0. The molecule has 2 aromatic rings. The zero-order valence-electron chi connectivity index (χ0n) is 16.6. The summed E-state index contributed by atoms with van der Waals surface area (Å²) >= 11 is 0. The van der Waals surface area contributed by atoms with E-state index < -0.39 is 0 Å². The smallest absolute Gasteiger partial charge is 0.253 e. The highest BCUT2D eigenvalue weighted by Crippen LogP contribution is 2.33. The normalized spacial score (nSPS) is 19.1. The van der Waals surface area contributed by atoms with E-state index in [2.05, 4.69) is 10.6 Å². The summed E-state index contributed by atoms with van der Waals surface area (Å²) in [5.74, 6) is 0.357. The zero-order chi connectivity index (χ0) is 20.2. The topological polar surface area (TPSA) is 63.1 Å². The van der Waals surface area contributed by atoms with E-state index in [0.717, 1.165) is 32.4 Å².